The zero-order chi connectivity index (χ0) is 24.1. The number of amides is 1. The van der Waals surface area contributed by atoms with Gasteiger partial charge in [-0.25, -0.2) is 4.39 Å². The Morgan fingerprint density at radius 1 is 1.24 bits per heavy atom. The van der Waals surface area contributed by atoms with Crippen LogP contribution in [0.3, 0.4) is 0 Å². The summed E-state index contributed by atoms with van der Waals surface area (Å²) in [5.74, 6) is -0.384. The first-order chi connectivity index (χ1) is 16.4. The Labute approximate surface area is 197 Å². The van der Waals surface area contributed by atoms with Crippen LogP contribution >= 0.6 is 0 Å². The van der Waals surface area contributed by atoms with Gasteiger partial charge in [0.25, 0.3) is 11.6 Å². The van der Waals surface area contributed by atoms with E-state index < -0.39 is 4.92 Å². The third-order valence-corrected chi connectivity index (χ3v) is 5.99. The molecule has 1 amide bonds. The van der Waals surface area contributed by atoms with Crippen molar-refractivity contribution in [2.24, 2.45) is 5.92 Å². The lowest BCUT2D eigenvalue weighted by atomic mass is 10.1. The van der Waals surface area contributed by atoms with Gasteiger partial charge in [0, 0.05) is 43.1 Å². The monoisotopic (exact) mass is 463 g/mol. The quantitative estimate of drug-likeness (QED) is 0.375. The van der Waals surface area contributed by atoms with Gasteiger partial charge in [0.2, 0.25) is 0 Å². The molecule has 0 spiro atoms. The maximum atomic E-state index is 13.1. The number of hydrogen-bond donors (Lipinski definition) is 2. The number of aromatic nitrogens is 1. The number of nitrogens with zero attached hydrogens (tertiary/aromatic N) is 3. The van der Waals surface area contributed by atoms with Crippen LogP contribution in [0.25, 0.3) is 0 Å². The van der Waals surface area contributed by atoms with Crippen LogP contribution in [0.2, 0.25) is 0 Å². The van der Waals surface area contributed by atoms with E-state index in [0.29, 0.717) is 12.2 Å². The molecule has 3 aromatic rings. The van der Waals surface area contributed by atoms with E-state index in [1.54, 1.807) is 36.5 Å². The van der Waals surface area contributed by atoms with Crippen LogP contribution in [-0.2, 0) is 0 Å². The lowest BCUT2D eigenvalue weighted by Gasteiger charge is -2.19. The van der Waals surface area contributed by atoms with E-state index in [4.69, 9.17) is 0 Å². The van der Waals surface area contributed by atoms with Crippen molar-refractivity contribution < 1.29 is 14.1 Å². The molecule has 2 N–H and O–H groups in total. The number of carbonyl (C=O) groups is 1. The summed E-state index contributed by atoms with van der Waals surface area (Å²) in [5.41, 5.74) is 2.10. The van der Waals surface area contributed by atoms with E-state index in [1.807, 2.05) is 19.1 Å². The van der Waals surface area contributed by atoms with Crippen LogP contribution in [0.15, 0.2) is 66.9 Å². The number of nitrogens with one attached hydrogen (secondary N) is 2. The van der Waals surface area contributed by atoms with E-state index in [-0.39, 0.29) is 34.9 Å². The fraction of sp³-hybridized carbons (Fsp3) is 0.280. The second kappa shape index (κ2) is 10.3. The van der Waals surface area contributed by atoms with Gasteiger partial charge in [0.1, 0.15) is 11.5 Å². The number of hydrogen-bond acceptors (Lipinski definition) is 6. The van der Waals surface area contributed by atoms with Crippen molar-refractivity contribution in [2.75, 3.05) is 29.9 Å². The molecule has 2 aromatic carbocycles. The van der Waals surface area contributed by atoms with Crippen LogP contribution in [0.5, 0.6) is 0 Å². The van der Waals surface area contributed by atoms with Gasteiger partial charge < -0.3 is 15.5 Å². The van der Waals surface area contributed by atoms with Crippen LogP contribution in [0.1, 0.15) is 35.4 Å². The Balaban J connectivity index is 1.37. The van der Waals surface area contributed by atoms with Crippen molar-refractivity contribution in [2.45, 2.75) is 19.4 Å². The van der Waals surface area contributed by atoms with Crippen molar-refractivity contribution in [3.05, 3.63) is 94.0 Å². The maximum absolute atomic E-state index is 13.1. The lowest BCUT2D eigenvalue weighted by molar-refractivity contribution is -0.384. The second-order valence-corrected chi connectivity index (χ2v) is 8.40. The van der Waals surface area contributed by atoms with Crippen molar-refractivity contribution >= 4 is 23.0 Å². The molecule has 1 saturated heterocycles. The highest BCUT2D eigenvalue weighted by atomic mass is 19.1. The molecule has 0 bridgehead atoms. The first-order valence-electron chi connectivity index (χ1n) is 11.2. The third kappa shape index (κ3) is 5.48. The number of halogens is 1. The highest BCUT2D eigenvalue weighted by Crippen LogP contribution is 2.29. The molecule has 176 valence electrons. The highest BCUT2D eigenvalue weighted by molar-refractivity contribution is 5.95. The molecule has 1 aliphatic rings. The molecule has 2 atom stereocenters. The molecule has 0 saturated carbocycles. The summed E-state index contributed by atoms with van der Waals surface area (Å²) in [6, 6.07) is 16.1. The van der Waals surface area contributed by atoms with Gasteiger partial charge in [0.15, 0.2) is 0 Å². The average Bonchev–Trinajstić information content (AvgIpc) is 3.32. The predicted molar refractivity (Wildman–Crippen MR) is 128 cm³/mol. The number of rotatable bonds is 8. The van der Waals surface area contributed by atoms with Crippen LogP contribution in [-0.4, -0.2) is 35.4 Å². The Hall–Kier alpha value is -4.01. The molecular weight excluding hydrogens is 437 g/mol. The molecular formula is C25H26FN5O3. The van der Waals surface area contributed by atoms with E-state index in [9.17, 15) is 19.3 Å². The van der Waals surface area contributed by atoms with Gasteiger partial charge in [0.05, 0.1) is 16.7 Å². The number of nitro benzene ring substituents is 1. The average molecular weight is 464 g/mol. The fourth-order valence-corrected chi connectivity index (χ4v) is 4.11. The standard InChI is InChI=1S/C25H26FN5O3/c1-17(22-4-2-3-12-27-22)29-23-10-5-19(14-24(23)31(33)34)25(32)28-15-18-11-13-30(16-18)21-8-6-20(26)7-9-21/h2-10,12,14,17-18,29H,11,13,15-16H2,1H3,(H,28,32). The van der Waals surface area contributed by atoms with Gasteiger partial charge in [-0.05, 0) is 67.8 Å². The minimum atomic E-state index is -0.498. The summed E-state index contributed by atoms with van der Waals surface area (Å²) in [6.45, 7) is 3.90. The van der Waals surface area contributed by atoms with Crippen molar-refractivity contribution in [3.8, 4) is 0 Å². The van der Waals surface area contributed by atoms with Gasteiger partial charge in [-0.15, -0.1) is 0 Å². The van der Waals surface area contributed by atoms with Gasteiger partial charge >= 0.3 is 0 Å². The number of anilines is 2. The van der Waals surface area contributed by atoms with Gasteiger partial charge in [-0.2, -0.15) is 0 Å². The highest BCUT2D eigenvalue weighted by Gasteiger charge is 2.24. The minimum absolute atomic E-state index is 0.168. The number of benzene rings is 2. The third-order valence-electron chi connectivity index (χ3n) is 5.99. The molecule has 0 aliphatic carbocycles. The van der Waals surface area contributed by atoms with E-state index >= 15 is 0 Å². The summed E-state index contributed by atoms with van der Waals surface area (Å²) in [7, 11) is 0. The van der Waals surface area contributed by atoms with Crippen molar-refractivity contribution in [1.29, 1.82) is 0 Å². The van der Waals surface area contributed by atoms with Crippen molar-refractivity contribution in [1.82, 2.24) is 10.3 Å². The summed E-state index contributed by atoms with van der Waals surface area (Å²) in [5, 5.41) is 17.7. The van der Waals surface area contributed by atoms with Gasteiger partial charge in [-0.1, -0.05) is 6.07 Å². The fourth-order valence-electron chi connectivity index (χ4n) is 4.11. The SMILES string of the molecule is CC(Nc1ccc(C(=O)NCC2CCN(c3ccc(F)cc3)C2)cc1[N+](=O)[O-])c1ccccn1. The molecule has 0 radical (unpaired) electrons. The zero-order valence-corrected chi connectivity index (χ0v) is 18.8. The molecule has 1 aliphatic heterocycles. The summed E-state index contributed by atoms with van der Waals surface area (Å²) in [4.78, 5) is 30.3. The predicted octanol–water partition coefficient (Wildman–Crippen LogP) is 4.56. The topological polar surface area (TPSA) is 100 Å². The Morgan fingerprint density at radius 2 is 2.03 bits per heavy atom. The Morgan fingerprint density at radius 3 is 2.74 bits per heavy atom. The number of carbonyl (C=O) groups excluding carboxylic acids is 1. The Kier molecular flexibility index (Phi) is 7.01. The largest absolute Gasteiger partial charge is 0.371 e. The summed E-state index contributed by atoms with van der Waals surface area (Å²) < 4.78 is 13.1. The molecule has 9 heteroatoms. The molecule has 34 heavy (non-hydrogen) atoms. The van der Waals surface area contributed by atoms with E-state index in [1.165, 1.54) is 18.2 Å². The zero-order valence-electron chi connectivity index (χ0n) is 18.8. The minimum Gasteiger partial charge on any atom is -0.371 e. The van der Waals surface area contributed by atoms with Crippen LogP contribution in [0, 0.1) is 21.8 Å². The van der Waals surface area contributed by atoms with Gasteiger partial charge in [-0.3, -0.25) is 19.9 Å². The first-order valence-corrected chi connectivity index (χ1v) is 11.2. The molecule has 2 unspecified atom stereocenters. The number of nitro groups is 1. The summed E-state index contributed by atoms with van der Waals surface area (Å²) >= 11 is 0. The van der Waals surface area contributed by atoms with E-state index in [2.05, 4.69) is 20.5 Å². The molecule has 4 rings (SSSR count). The van der Waals surface area contributed by atoms with Crippen LogP contribution < -0.4 is 15.5 Å². The smallest absolute Gasteiger partial charge is 0.293 e. The first kappa shape index (κ1) is 23.2. The van der Waals surface area contributed by atoms with E-state index in [0.717, 1.165) is 30.9 Å². The Bertz CT molecular complexity index is 1160. The van der Waals surface area contributed by atoms with Crippen LogP contribution in [0.4, 0.5) is 21.5 Å². The lowest BCUT2D eigenvalue weighted by Crippen LogP contribution is -2.31. The normalized spacial score (nSPS) is 16.2. The summed E-state index contributed by atoms with van der Waals surface area (Å²) in [6.07, 6.45) is 2.56. The molecule has 2 heterocycles. The second-order valence-electron chi connectivity index (χ2n) is 8.40. The molecule has 1 fully saturated rings. The molecule has 8 nitrogen and oxygen atoms in total. The maximum Gasteiger partial charge on any atom is 0.293 e. The van der Waals surface area contributed by atoms with Crippen molar-refractivity contribution in [3.63, 3.8) is 0 Å². The molecule has 1 aromatic heterocycles. The number of pyridine rings is 1.